The van der Waals surface area contributed by atoms with Gasteiger partial charge in [-0.2, -0.15) is 0 Å². The molecule has 0 aliphatic carbocycles. The van der Waals surface area contributed by atoms with Crippen LogP contribution >= 0.6 is 35.6 Å². The maximum Gasteiger partial charge on any atom is 0.191 e. The zero-order valence-electron chi connectivity index (χ0n) is 14.6. The summed E-state index contributed by atoms with van der Waals surface area (Å²) in [5, 5.41) is 7.68. The van der Waals surface area contributed by atoms with Gasteiger partial charge in [-0.15, -0.1) is 24.0 Å². The monoisotopic (exact) mass is 473 g/mol. The zero-order valence-corrected chi connectivity index (χ0v) is 17.7. The van der Waals surface area contributed by atoms with Gasteiger partial charge in [0.2, 0.25) is 0 Å². The van der Waals surface area contributed by atoms with Crippen LogP contribution in [-0.2, 0) is 13.6 Å². The first-order valence-electron chi connectivity index (χ1n) is 8.23. The molecule has 1 saturated heterocycles. The van der Waals surface area contributed by atoms with Crippen LogP contribution in [0.4, 0.5) is 5.69 Å². The smallest absolute Gasteiger partial charge is 0.191 e. The second-order valence-electron chi connectivity index (χ2n) is 6.09. The lowest BCUT2D eigenvalue weighted by atomic mass is 10.2. The average Bonchev–Trinajstić information content (AvgIpc) is 3.20. The number of benzene rings is 1. The minimum absolute atomic E-state index is 0. The molecule has 5 nitrogen and oxygen atoms in total. The summed E-state index contributed by atoms with van der Waals surface area (Å²) < 4.78 is 2.11. The molecule has 2 aromatic rings. The largest absolute Gasteiger partial charge is 0.369 e. The second-order valence-corrected chi connectivity index (χ2v) is 6.53. The molecule has 25 heavy (non-hydrogen) atoms. The summed E-state index contributed by atoms with van der Waals surface area (Å²) in [6.45, 7) is 2.73. The normalized spacial score (nSPS) is 17.3. The van der Waals surface area contributed by atoms with Gasteiger partial charge in [-0.25, -0.2) is 0 Å². The maximum atomic E-state index is 6.10. The number of anilines is 1. The third-order valence-electron chi connectivity index (χ3n) is 4.41. The Bertz CT molecular complexity index is 715. The fraction of sp³-hybridized carbons (Fsp3) is 0.389. The number of aromatic nitrogens is 1. The van der Waals surface area contributed by atoms with Crippen LogP contribution in [-0.4, -0.2) is 36.7 Å². The first kappa shape index (κ1) is 19.9. The summed E-state index contributed by atoms with van der Waals surface area (Å²) in [6.07, 6.45) is 3.13. The van der Waals surface area contributed by atoms with Gasteiger partial charge in [-0.1, -0.05) is 17.7 Å². The Morgan fingerprint density at radius 2 is 2.16 bits per heavy atom. The van der Waals surface area contributed by atoms with Gasteiger partial charge in [0.25, 0.3) is 0 Å². The summed E-state index contributed by atoms with van der Waals surface area (Å²) in [7, 11) is 3.86. The number of aryl methyl sites for hydroxylation is 1. The average molecular weight is 474 g/mol. The highest BCUT2D eigenvalue weighted by Gasteiger charge is 2.23. The third kappa shape index (κ3) is 5.28. The molecule has 7 heteroatoms. The van der Waals surface area contributed by atoms with E-state index in [1.807, 2.05) is 44.6 Å². The minimum atomic E-state index is 0. The molecule has 0 amide bonds. The molecule has 1 fully saturated rings. The number of rotatable bonds is 4. The molecule has 2 N–H and O–H groups in total. The van der Waals surface area contributed by atoms with Crippen LogP contribution in [0.1, 0.15) is 12.1 Å². The van der Waals surface area contributed by atoms with E-state index in [0.29, 0.717) is 6.04 Å². The van der Waals surface area contributed by atoms with E-state index >= 15 is 0 Å². The Morgan fingerprint density at radius 3 is 2.84 bits per heavy atom. The number of nitrogens with one attached hydrogen (secondary N) is 2. The van der Waals surface area contributed by atoms with E-state index in [0.717, 1.165) is 37.0 Å². The zero-order chi connectivity index (χ0) is 16.9. The Hall–Kier alpha value is -1.41. The first-order chi connectivity index (χ1) is 11.7. The van der Waals surface area contributed by atoms with Crippen LogP contribution in [0.3, 0.4) is 0 Å². The highest BCUT2D eigenvalue weighted by molar-refractivity contribution is 14.0. The molecule has 0 radical (unpaired) electrons. The van der Waals surface area contributed by atoms with Crippen LogP contribution in [0.2, 0.25) is 5.02 Å². The Balaban J connectivity index is 0.00000225. The molecule has 1 aromatic carbocycles. The molecule has 3 rings (SSSR count). The predicted molar refractivity (Wildman–Crippen MR) is 116 cm³/mol. The maximum absolute atomic E-state index is 6.10. The molecular weight excluding hydrogens is 449 g/mol. The molecule has 1 unspecified atom stereocenters. The van der Waals surface area contributed by atoms with Crippen LogP contribution in [0.25, 0.3) is 0 Å². The topological polar surface area (TPSA) is 44.6 Å². The van der Waals surface area contributed by atoms with Crippen molar-refractivity contribution in [3.8, 4) is 0 Å². The molecule has 0 saturated carbocycles. The molecular formula is C18H25ClIN5. The van der Waals surface area contributed by atoms with Crippen LogP contribution in [0.5, 0.6) is 0 Å². The lowest BCUT2D eigenvalue weighted by molar-refractivity contribution is 0.644. The van der Waals surface area contributed by atoms with E-state index < -0.39 is 0 Å². The van der Waals surface area contributed by atoms with Crippen molar-refractivity contribution in [2.75, 3.05) is 25.0 Å². The summed E-state index contributed by atoms with van der Waals surface area (Å²) in [6, 6.07) is 12.6. The van der Waals surface area contributed by atoms with Crippen molar-refractivity contribution in [3.05, 3.63) is 53.3 Å². The lowest BCUT2D eigenvalue weighted by Crippen LogP contribution is -2.44. The van der Waals surface area contributed by atoms with Crippen molar-refractivity contribution >= 4 is 47.2 Å². The summed E-state index contributed by atoms with van der Waals surface area (Å²) in [5.41, 5.74) is 2.41. The molecule has 0 bridgehead atoms. The standard InChI is InChI=1S/C18H24ClN5.HI/c1-20-18(21-12-17-7-4-9-23(17)2)22-15-8-10-24(13-15)16-6-3-5-14(19)11-16;/h3-7,9,11,15H,8,10,12-13H2,1-2H3,(H2,20,21,22);1H. The summed E-state index contributed by atoms with van der Waals surface area (Å²) >= 11 is 6.10. The van der Waals surface area contributed by atoms with Crippen molar-refractivity contribution in [2.24, 2.45) is 12.0 Å². The summed E-state index contributed by atoms with van der Waals surface area (Å²) in [5.74, 6) is 0.842. The Kier molecular flexibility index (Phi) is 7.43. The molecule has 136 valence electrons. The van der Waals surface area contributed by atoms with E-state index in [4.69, 9.17) is 11.6 Å². The van der Waals surface area contributed by atoms with Gasteiger partial charge in [-0.05, 0) is 36.8 Å². The first-order valence-corrected chi connectivity index (χ1v) is 8.61. The fourth-order valence-corrected chi connectivity index (χ4v) is 3.21. The number of nitrogens with zero attached hydrogens (tertiary/aromatic N) is 3. The van der Waals surface area contributed by atoms with Crippen LogP contribution in [0, 0.1) is 0 Å². The molecule has 1 aliphatic heterocycles. The van der Waals surface area contributed by atoms with Crippen molar-refractivity contribution < 1.29 is 0 Å². The van der Waals surface area contributed by atoms with Gasteiger partial charge >= 0.3 is 0 Å². The molecule has 1 aliphatic rings. The van der Waals surface area contributed by atoms with E-state index in [-0.39, 0.29) is 24.0 Å². The van der Waals surface area contributed by atoms with Crippen LogP contribution < -0.4 is 15.5 Å². The van der Waals surface area contributed by atoms with E-state index in [9.17, 15) is 0 Å². The van der Waals surface area contributed by atoms with Gasteiger partial charge in [-0.3, -0.25) is 4.99 Å². The van der Waals surface area contributed by atoms with Gasteiger partial charge in [0, 0.05) is 55.8 Å². The Labute approximate surface area is 171 Å². The van der Waals surface area contributed by atoms with E-state index in [1.165, 1.54) is 11.4 Å². The van der Waals surface area contributed by atoms with E-state index in [2.05, 4.69) is 37.2 Å². The van der Waals surface area contributed by atoms with Crippen LogP contribution in [0.15, 0.2) is 47.6 Å². The lowest BCUT2D eigenvalue weighted by Gasteiger charge is -2.20. The number of aliphatic imine (C=N–C) groups is 1. The summed E-state index contributed by atoms with van der Waals surface area (Å²) in [4.78, 5) is 6.69. The SMILES string of the molecule is CN=C(NCc1cccn1C)NC1CCN(c2cccc(Cl)c2)C1.I. The van der Waals surface area contributed by atoms with Gasteiger partial charge in [0.1, 0.15) is 0 Å². The van der Waals surface area contributed by atoms with Crippen molar-refractivity contribution in [1.82, 2.24) is 15.2 Å². The van der Waals surface area contributed by atoms with Crippen molar-refractivity contribution in [1.29, 1.82) is 0 Å². The fourth-order valence-electron chi connectivity index (χ4n) is 3.03. The number of hydrogen-bond acceptors (Lipinski definition) is 2. The highest BCUT2D eigenvalue weighted by Crippen LogP contribution is 2.23. The van der Waals surface area contributed by atoms with Gasteiger partial charge in [0.05, 0.1) is 6.54 Å². The van der Waals surface area contributed by atoms with E-state index in [1.54, 1.807) is 0 Å². The third-order valence-corrected chi connectivity index (χ3v) is 4.65. The van der Waals surface area contributed by atoms with Crippen molar-refractivity contribution in [2.45, 2.75) is 19.0 Å². The number of halogens is 2. The minimum Gasteiger partial charge on any atom is -0.369 e. The second kappa shape index (κ2) is 9.33. The Morgan fingerprint density at radius 1 is 1.32 bits per heavy atom. The van der Waals surface area contributed by atoms with Crippen molar-refractivity contribution in [3.63, 3.8) is 0 Å². The highest BCUT2D eigenvalue weighted by atomic mass is 127. The predicted octanol–water partition coefficient (Wildman–Crippen LogP) is 3.24. The van der Waals surface area contributed by atoms with Gasteiger partial charge < -0.3 is 20.1 Å². The molecule has 2 heterocycles. The molecule has 1 atom stereocenters. The van der Waals surface area contributed by atoms with Gasteiger partial charge in [0.15, 0.2) is 5.96 Å². The number of guanidine groups is 1. The number of hydrogen-bond donors (Lipinski definition) is 2. The quantitative estimate of drug-likeness (QED) is 0.407. The molecule has 0 spiro atoms. The molecule has 1 aromatic heterocycles.